The molecule has 7 heteroatoms. The van der Waals surface area contributed by atoms with Gasteiger partial charge in [0.25, 0.3) is 5.91 Å². The summed E-state index contributed by atoms with van der Waals surface area (Å²) in [6.45, 7) is 2.79. The van der Waals surface area contributed by atoms with Gasteiger partial charge in [-0.3, -0.25) is 4.79 Å². The summed E-state index contributed by atoms with van der Waals surface area (Å²) in [6, 6.07) is 17.7. The first-order valence-electron chi connectivity index (χ1n) is 9.02. The van der Waals surface area contributed by atoms with Crippen LogP contribution in [0.5, 0.6) is 11.5 Å². The Hall–Kier alpha value is -2.28. The van der Waals surface area contributed by atoms with Gasteiger partial charge in [-0.2, -0.15) is 0 Å². The van der Waals surface area contributed by atoms with E-state index in [2.05, 4.69) is 10.6 Å². The first-order valence-corrected chi connectivity index (χ1v) is 9.83. The van der Waals surface area contributed by atoms with Crippen molar-refractivity contribution in [1.29, 1.82) is 0 Å². The molecule has 0 bridgehead atoms. The van der Waals surface area contributed by atoms with Crippen LogP contribution in [0.1, 0.15) is 16.1 Å². The second-order valence-electron chi connectivity index (χ2n) is 5.98. The highest BCUT2D eigenvalue weighted by molar-refractivity contribution is 7.21. The molecule has 0 saturated heterocycles. The number of hydrogen-bond acceptors (Lipinski definition) is 5. The molecule has 150 valence electrons. The molecule has 0 radical (unpaired) electrons. The van der Waals surface area contributed by atoms with Gasteiger partial charge in [-0.15, -0.1) is 23.7 Å². The Morgan fingerprint density at radius 1 is 1.00 bits per heavy atom. The van der Waals surface area contributed by atoms with Crippen LogP contribution in [0.2, 0.25) is 0 Å². The first-order chi connectivity index (χ1) is 13.3. The van der Waals surface area contributed by atoms with E-state index < -0.39 is 0 Å². The molecule has 0 saturated carbocycles. The predicted molar refractivity (Wildman–Crippen MR) is 117 cm³/mol. The van der Waals surface area contributed by atoms with Gasteiger partial charge in [0.15, 0.2) is 0 Å². The normalized spacial score (nSPS) is 10.3. The molecule has 28 heavy (non-hydrogen) atoms. The molecule has 0 aliphatic carbocycles. The number of carbonyl (C=O) groups is 1. The number of amides is 1. The van der Waals surface area contributed by atoms with Crippen LogP contribution >= 0.6 is 23.7 Å². The number of carbonyl (C=O) groups excluding carboxylic acids is 1. The molecule has 5 nitrogen and oxygen atoms in total. The quantitative estimate of drug-likeness (QED) is 0.484. The van der Waals surface area contributed by atoms with Crippen LogP contribution in [-0.2, 0) is 0 Å². The molecule has 1 amide bonds. The minimum atomic E-state index is -0.0951. The average molecular weight is 421 g/mol. The lowest BCUT2D eigenvalue weighted by Crippen LogP contribution is -2.32. The topological polar surface area (TPSA) is 59.6 Å². The van der Waals surface area contributed by atoms with Crippen molar-refractivity contribution in [1.82, 2.24) is 10.6 Å². The number of benzene rings is 2. The zero-order valence-electron chi connectivity index (χ0n) is 15.8. The summed E-state index contributed by atoms with van der Waals surface area (Å²) in [5.74, 6) is 1.45. The highest BCUT2D eigenvalue weighted by Crippen LogP contribution is 2.37. The van der Waals surface area contributed by atoms with Crippen LogP contribution in [0.3, 0.4) is 0 Å². The minimum Gasteiger partial charge on any atom is -0.494 e. The summed E-state index contributed by atoms with van der Waals surface area (Å²) >= 11 is 1.46. The third kappa shape index (κ3) is 5.86. The van der Waals surface area contributed by atoms with Crippen molar-refractivity contribution in [2.24, 2.45) is 0 Å². The molecule has 1 aromatic heterocycles. The van der Waals surface area contributed by atoms with Crippen LogP contribution in [0, 0.1) is 0 Å². The lowest BCUT2D eigenvalue weighted by Gasteiger charge is -2.08. The fraction of sp³-hybridized carbons (Fsp3) is 0.286. The van der Waals surface area contributed by atoms with E-state index in [9.17, 15) is 4.79 Å². The molecule has 0 aliphatic rings. The van der Waals surface area contributed by atoms with E-state index in [4.69, 9.17) is 9.47 Å². The van der Waals surface area contributed by atoms with E-state index in [1.54, 1.807) is 7.11 Å². The third-order valence-corrected chi connectivity index (χ3v) is 5.21. The number of fused-ring (bicyclic) bond motifs is 1. The maximum Gasteiger partial charge on any atom is 0.265 e. The molecular weight excluding hydrogens is 396 g/mol. The molecule has 2 N–H and O–H groups in total. The largest absolute Gasteiger partial charge is 0.494 e. The van der Waals surface area contributed by atoms with Crippen molar-refractivity contribution >= 4 is 39.7 Å². The zero-order chi connectivity index (χ0) is 18.9. The fourth-order valence-corrected chi connectivity index (χ4v) is 3.84. The Morgan fingerprint density at radius 3 is 2.54 bits per heavy atom. The Morgan fingerprint density at radius 2 is 1.75 bits per heavy atom. The van der Waals surface area contributed by atoms with Crippen molar-refractivity contribution in [3.8, 4) is 11.5 Å². The van der Waals surface area contributed by atoms with Crippen LogP contribution < -0.4 is 20.1 Å². The van der Waals surface area contributed by atoms with Gasteiger partial charge in [-0.05, 0) is 37.2 Å². The fourth-order valence-electron chi connectivity index (χ4n) is 2.75. The van der Waals surface area contributed by atoms with E-state index in [-0.39, 0.29) is 18.3 Å². The second-order valence-corrected chi connectivity index (χ2v) is 7.03. The Labute approximate surface area is 175 Å². The molecule has 0 spiro atoms. The number of halogens is 1. The van der Waals surface area contributed by atoms with E-state index in [0.717, 1.165) is 28.8 Å². The molecule has 1 heterocycles. The number of hydrogen-bond donors (Lipinski definition) is 2. The Balaban J connectivity index is 0.00000280. The van der Waals surface area contributed by atoms with Crippen molar-refractivity contribution in [2.45, 2.75) is 6.42 Å². The summed E-state index contributed by atoms with van der Waals surface area (Å²) in [5, 5.41) is 7.24. The average Bonchev–Trinajstić information content (AvgIpc) is 3.09. The number of thiophene rings is 1. The minimum absolute atomic E-state index is 0. The van der Waals surface area contributed by atoms with Gasteiger partial charge in [0.1, 0.15) is 16.4 Å². The maximum atomic E-state index is 12.5. The maximum absolute atomic E-state index is 12.5. The molecule has 0 aliphatic heterocycles. The van der Waals surface area contributed by atoms with Gasteiger partial charge in [0, 0.05) is 23.2 Å². The van der Waals surface area contributed by atoms with Gasteiger partial charge < -0.3 is 20.1 Å². The van der Waals surface area contributed by atoms with Crippen LogP contribution in [0.4, 0.5) is 0 Å². The molecule has 0 unspecified atom stereocenters. The van der Waals surface area contributed by atoms with Gasteiger partial charge in [-0.25, -0.2) is 0 Å². The van der Waals surface area contributed by atoms with E-state index in [1.165, 1.54) is 11.3 Å². The molecule has 0 fully saturated rings. The SMILES string of the molecule is COc1c(C(=O)NCCNCCCOc2ccccc2)sc2ccccc12.Cl. The number of nitrogens with one attached hydrogen (secondary N) is 2. The summed E-state index contributed by atoms with van der Waals surface area (Å²) < 4.78 is 12.1. The third-order valence-electron chi connectivity index (χ3n) is 4.06. The predicted octanol–water partition coefficient (Wildman–Crippen LogP) is 4.12. The summed E-state index contributed by atoms with van der Waals surface area (Å²) in [5.41, 5.74) is 0. The Bertz CT molecular complexity index is 870. The summed E-state index contributed by atoms with van der Waals surface area (Å²) in [4.78, 5) is 13.1. The van der Waals surface area contributed by atoms with Gasteiger partial charge >= 0.3 is 0 Å². The standard InChI is InChI=1S/C21H24N2O3S.ClH/c1-25-19-17-10-5-6-11-18(17)27-20(19)21(24)23-14-13-22-12-7-15-26-16-8-3-2-4-9-16;/h2-6,8-11,22H,7,12-15H2,1H3,(H,23,24);1H. The number of methoxy groups -OCH3 is 1. The van der Waals surface area contributed by atoms with Gasteiger partial charge in [0.2, 0.25) is 0 Å². The Kier molecular flexibility index (Phi) is 9.07. The highest BCUT2D eigenvalue weighted by Gasteiger charge is 2.18. The smallest absolute Gasteiger partial charge is 0.265 e. The molecule has 0 atom stereocenters. The van der Waals surface area contributed by atoms with Crippen molar-refractivity contribution < 1.29 is 14.3 Å². The van der Waals surface area contributed by atoms with Crippen molar-refractivity contribution in [3.05, 3.63) is 59.5 Å². The first kappa shape index (κ1) is 22.0. The zero-order valence-corrected chi connectivity index (χ0v) is 17.4. The number of ether oxygens (including phenoxy) is 2. The molecule has 3 rings (SSSR count). The van der Waals surface area contributed by atoms with E-state index in [0.29, 0.717) is 30.3 Å². The number of rotatable bonds is 10. The molecular formula is C21H25ClN2O3S. The molecule has 3 aromatic rings. The van der Waals surface area contributed by atoms with Crippen LogP contribution in [0.25, 0.3) is 10.1 Å². The van der Waals surface area contributed by atoms with Gasteiger partial charge in [0.05, 0.1) is 13.7 Å². The summed E-state index contributed by atoms with van der Waals surface area (Å²) in [6.07, 6.45) is 0.910. The molecule has 2 aromatic carbocycles. The second kappa shape index (κ2) is 11.5. The number of para-hydroxylation sites is 1. The van der Waals surface area contributed by atoms with Crippen LogP contribution in [-0.4, -0.2) is 39.3 Å². The lowest BCUT2D eigenvalue weighted by molar-refractivity contribution is 0.0955. The van der Waals surface area contributed by atoms with Gasteiger partial charge in [-0.1, -0.05) is 30.3 Å². The van der Waals surface area contributed by atoms with Crippen molar-refractivity contribution in [3.63, 3.8) is 0 Å². The van der Waals surface area contributed by atoms with E-state index >= 15 is 0 Å². The van der Waals surface area contributed by atoms with Crippen molar-refractivity contribution in [2.75, 3.05) is 33.4 Å². The van der Waals surface area contributed by atoms with E-state index in [1.807, 2.05) is 54.6 Å². The van der Waals surface area contributed by atoms with Crippen LogP contribution in [0.15, 0.2) is 54.6 Å². The monoisotopic (exact) mass is 420 g/mol. The lowest BCUT2D eigenvalue weighted by atomic mass is 10.2. The highest BCUT2D eigenvalue weighted by atomic mass is 35.5. The summed E-state index contributed by atoms with van der Waals surface area (Å²) in [7, 11) is 1.60.